The maximum Gasteiger partial charge on any atom is 0.115 e. The van der Waals surface area contributed by atoms with Crippen LogP contribution in [0.4, 0.5) is 0 Å². The van der Waals surface area contributed by atoms with Crippen molar-refractivity contribution in [1.82, 2.24) is 0 Å². The van der Waals surface area contributed by atoms with Gasteiger partial charge in [0.05, 0.1) is 0 Å². The van der Waals surface area contributed by atoms with E-state index >= 15 is 0 Å². The van der Waals surface area contributed by atoms with Gasteiger partial charge >= 0.3 is 0 Å². The molecular formula is C8H13ClO. The SMILES string of the molecule is CC(C)C#CC(O)CCCl. The summed E-state index contributed by atoms with van der Waals surface area (Å²) in [6.07, 6.45) is 0.0151. The Morgan fingerprint density at radius 2 is 2.00 bits per heavy atom. The third-order valence-corrected chi connectivity index (χ3v) is 1.14. The largest absolute Gasteiger partial charge is 0.380 e. The van der Waals surface area contributed by atoms with Crippen LogP contribution in [0.1, 0.15) is 20.3 Å². The van der Waals surface area contributed by atoms with Gasteiger partial charge in [0, 0.05) is 11.8 Å². The van der Waals surface area contributed by atoms with E-state index in [1.54, 1.807) is 0 Å². The summed E-state index contributed by atoms with van der Waals surface area (Å²) in [5, 5.41) is 9.04. The number of halogens is 1. The van der Waals surface area contributed by atoms with Crippen molar-refractivity contribution in [3.63, 3.8) is 0 Å². The first-order valence-electron chi connectivity index (χ1n) is 3.42. The summed E-state index contributed by atoms with van der Waals surface area (Å²) in [5.41, 5.74) is 0. The van der Waals surface area contributed by atoms with Crippen LogP contribution >= 0.6 is 11.6 Å². The molecule has 1 nitrogen and oxygen atoms in total. The van der Waals surface area contributed by atoms with Crippen molar-refractivity contribution in [2.45, 2.75) is 26.4 Å². The quantitative estimate of drug-likeness (QED) is 0.481. The van der Waals surface area contributed by atoms with Crippen molar-refractivity contribution in [1.29, 1.82) is 0 Å². The summed E-state index contributed by atoms with van der Waals surface area (Å²) in [6, 6.07) is 0. The van der Waals surface area contributed by atoms with E-state index in [9.17, 15) is 0 Å². The average molecular weight is 161 g/mol. The van der Waals surface area contributed by atoms with E-state index in [2.05, 4.69) is 11.8 Å². The van der Waals surface area contributed by atoms with Crippen molar-refractivity contribution in [2.75, 3.05) is 5.88 Å². The minimum absolute atomic E-state index is 0.324. The van der Waals surface area contributed by atoms with Crippen LogP contribution in [0.2, 0.25) is 0 Å². The Morgan fingerprint density at radius 3 is 2.40 bits per heavy atom. The molecule has 2 heteroatoms. The van der Waals surface area contributed by atoms with Crippen LogP contribution in [0.25, 0.3) is 0 Å². The van der Waals surface area contributed by atoms with Crippen molar-refractivity contribution < 1.29 is 5.11 Å². The highest BCUT2D eigenvalue weighted by Crippen LogP contribution is 1.93. The highest BCUT2D eigenvalue weighted by molar-refractivity contribution is 6.17. The molecule has 0 fully saturated rings. The third kappa shape index (κ3) is 5.94. The molecular weight excluding hydrogens is 148 g/mol. The second-order valence-corrected chi connectivity index (χ2v) is 2.81. The third-order valence-electron chi connectivity index (χ3n) is 0.921. The second kappa shape index (κ2) is 5.58. The van der Waals surface area contributed by atoms with Crippen LogP contribution in [0, 0.1) is 17.8 Å². The minimum Gasteiger partial charge on any atom is -0.380 e. The minimum atomic E-state index is -0.542. The average Bonchev–Trinajstić information content (AvgIpc) is 1.85. The van der Waals surface area contributed by atoms with Crippen molar-refractivity contribution in [2.24, 2.45) is 5.92 Å². The van der Waals surface area contributed by atoms with E-state index in [0.29, 0.717) is 18.2 Å². The first-order chi connectivity index (χ1) is 4.66. The summed E-state index contributed by atoms with van der Waals surface area (Å²) in [7, 11) is 0. The Kier molecular flexibility index (Phi) is 5.48. The van der Waals surface area contributed by atoms with Crippen molar-refractivity contribution in [3.05, 3.63) is 0 Å². The lowest BCUT2D eigenvalue weighted by Gasteiger charge is -1.97. The molecule has 0 aliphatic carbocycles. The van der Waals surface area contributed by atoms with Crippen molar-refractivity contribution >= 4 is 11.6 Å². The fourth-order valence-corrected chi connectivity index (χ4v) is 0.645. The van der Waals surface area contributed by atoms with E-state index in [0.717, 1.165) is 0 Å². The first kappa shape index (κ1) is 9.81. The lowest BCUT2D eigenvalue weighted by molar-refractivity contribution is 0.229. The van der Waals surface area contributed by atoms with Gasteiger partial charge in [0.2, 0.25) is 0 Å². The summed E-state index contributed by atoms with van der Waals surface area (Å²) < 4.78 is 0. The van der Waals surface area contributed by atoms with E-state index < -0.39 is 6.10 Å². The van der Waals surface area contributed by atoms with E-state index in [1.165, 1.54) is 0 Å². The summed E-state index contributed by atoms with van der Waals surface area (Å²) in [5.74, 6) is 6.37. The van der Waals surface area contributed by atoms with Crippen LogP contribution in [-0.4, -0.2) is 17.1 Å². The Hall–Kier alpha value is -0.190. The lowest BCUT2D eigenvalue weighted by atomic mass is 10.2. The molecule has 0 aliphatic heterocycles. The molecule has 10 heavy (non-hydrogen) atoms. The number of rotatable bonds is 2. The molecule has 0 amide bonds. The molecule has 0 heterocycles. The fourth-order valence-electron chi connectivity index (χ4n) is 0.438. The molecule has 0 radical (unpaired) electrons. The van der Waals surface area contributed by atoms with Gasteiger partial charge in [-0.15, -0.1) is 11.6 Å². The van der Waals surface area contributed by atoms with E-state index in [1.807, 2.05) is 13.8 Å². The van der Waals surface area contributed by atoms with Gasteiger partial charge in [0.15, 0.2) is 0 Å². The molecule has 0 aromatic carbocycles. The fraction of sp³-hybridized carbons (Fsp3) is 0.750. The van der Waals surface area contributed by atoms with Gasteiger partial charge in [-0.3, -0.25) is 0 Å². The van der Waals surface area contributed by atoms with Gasteiger partial charge in [0.1, 0.15) is 6.10 Å². The molecule has 0 saturated heterocycles. The second-order valence-electron chi connectivity index (χ2n) is 2.44. The molecule has 0 aromatic heterocycles. The van der Waals surface area contributed by atoms with Gasteiger partial charge in [-0.25, -0.2) is 0 Å². The Morgan fingerprint density at radius 1 is 1.40 bits per heavy atom. The first-order valence-corrected chi connectivity index (χ1v) is 3.95. The number of aliphatic hydroxyl groups excluding tert-OH is 1. The molecule has 1 unspecified atom stereocenters. The van der Waals surface area contributed by atoms with Crippen LogP contribution < -0.4 is 0 Å². The highest BCUT2D eigenvalue weighted by Gasteiger charge is 1.95. The van der Waals surface area contributed by atoms with Crippen molar-refractivity contribution in [3.8, 4) is 11.8 Å². The van der Waals surface area contributed by atoms with Gasteiger partial charge < -0.3 is 5.11 Å². The summed E-state index contributed by atoms with van der Waals surface area (Å²) >= 11 is 5.38. The van der Waals surface area contributed by atoms with Gasteiger partial charge in [-0.05, 0) is 6.42 Å². The van der Waals surface area contributed by atoms with Crippen LogP contribution in [-0.2, 0) is 0 Å². The molecule has 0 bridgehead atoms. The topological polar surface area (TPSA) is 20.2 Å². The summed E-state index contributed by atoms with van der Waals surface area (Å²) in [4.78, 5) is 0. The molecule has 0 aromatic rings. The monoisotopic (exact) mass is 160 g/mol. The predicted molar refractivity (Wildman–Crippen MR) is 44.0 cm³/mol. The maximum atomic E-state index is 9.04. The number of aliphatic hydroxyl groups is 1. The van der Waals surface area contributed by atoms with Gasteiger partial charge in [-0.1, -0.05) is 25.7 Å². The maximum absolute atomic E-state index is 9.04. The number of hydrogen-bond donors (Lipinski definition) is 1. The molecule has 0 aliphatic rings. The zero-order valence-electron chi connectivity index (χ0n) is 6.39. The summed E-state index contributed by atoms with van der Waals surface area (Å²) in [6.45, 7) is 3.97. The number of hydrogen-bond acceptors (Lipinski definition) is 1. The van der Waals surface area contributed by atoms with E-state index in [-0.39, 0.29) is 0 Å². The zero-order chi connectivity index (χ0) is 7.98. The Bertz CT molecular complexity index is 132. The molecule has 0 rings (SSSR count). The standard InChI is InChI=1S/C8H13ClO/c1-7(2)3-4-8(10)5-6-9/h7-8,10H,5-6H2,1-2H3. The lowest BCUT2D eigenvalue weighted by Crippen LogP contribution is -2.03. The molecule has 58 valence electrons. The molecule has 1 atom stereocenters. The van der Waals surface area contributed by atoms with Gasteiger partial charge in [-0.2, -0.15) is 0 Å². The van der Waals surface area contributed by atoms with E-state index in [4.69, 9.17) is 16.7 Å². The normalized spacial score (nSPS) is 12.5. The smallest absolute Gasteiger partial charge is 0.115 e. The van der Waals surface area contributed by atoms with Gasteiger partial charge in [0.25, 0.3) is 0 Å². The Balaban J connectivity index is 3.57. The van der Waals surface area contributed by atoms with Crippen LogP contribution in [0.15, 0.2) is 0 Å². The Labute approximate surface area is 67.4 Å². The molecule has 0 spiro atoms. The predicted octanol–water partition coefficient (Wildman–Crippen LogP) is 1.64. The zero-order valence-corrected chi connectivity index (χ0v) is 7.15. The number of alkyl halides is 1. The van der Waals surface area contributed by atoms with Crippen LogP contribution in [0.3, 0.4) is 0 Å². The van der Waals surface area contributed by atoms with Crippen LogP contribution in [0.5, 0.6) is 0 Å². The highest BCUT2D eigenvalue weighted by atomic mass is 35.5. The molecule has 1 N–H and O–H groups in total. The molecule has 0 saturated carbocycles.